The van der Waals surface area contributed by atoms with E-state index in [1.807, 2.05) is 18.2 Å². The second kappa shape index (κ2) is 8.14. The van der Waals surface area contributed by atoms with Crippen LogP contribution in [-0.4, -0.2) is 61.6 Å². The van der Waals surface area contributed by atoms with E-state index in [4.69, 9.17) is 0 Å². The summed E-state index contributed by atoms with van der Waals surface area (Å²) >= 11 is 0. The summed E-state index contributed by atoms with van der Waals surface area (Å²) in [6, 6.07) is 7.58. The van der Waals surface area contributed by atoms with Crippen LogP contribution in [0.15, 0.2) is 29.4 Å². The number of sulfone groups is 1. The number of nitrogens with one attached hydrogen (secondary N) is 1. The first kappa shape index (κ1) is 19.9. The van der Waals surface area contributed by atoms with E-state index in [1.165, 1.54) is 17.9 Å². The first-order valence-electron chi connectivity index (χ1n) is 10.1. The van der Waals surface area contributed by atoms with Gasteiger partial charge in [-0.3, -0.25) is 9.59 Å². The second-order valence-corrected chi connectivity index (χ2v) is 10.1. The van der Waals surface area contributed by atoms with Crippen molar-refractivity contribution in [1.29, 1.82) is 0 Å². The molecule has 9 heteroatoms. The van der Waals surface area contributed by atoms with E-state index in [9.17, 15) is 18.0 Å². The number of hydrogen-bond donors (Lipinski definition) is 1. The largest absolute Gasteiger partial charge is 0.371 e. The van der Waals surface area contributed by atoms with E-state index in [0.29, 0.717) is 13.0 Å². The topological polar surface area (TPSA) is 99.2 Å². The van der Waals surface area contributed by atoms with Crippen LogP contribution in [0.1, 0.15) is 37.7 Å². The normalized spacial score (nSPS) is 23.9. The minimum absolute atomic E-state index is 0.0613. The Morgan fingerprint density at radius 2 is 1.93 bits per heavy atom. The lowest BCUT2D eigenvalue weighted by molar-refractivity contribution is -0.133. The molecule has 0 radical (unpaired) electrons. The van der Waals surface area contributed by atoms with Gasteiger partial charge in [-0.15, -0.1) is 0 Å². The molecule has 3 aliphatic heterocycles. The van der Waals surface area contributed by atoms with Gasteiger partial charge in [0.2, 0.25) is 5.91 Å². The molecule has 0 saturated carbocycles. The summed E-state index contributed by atoms with van der Waals surface area (Å²) in [6.45, 7) is 2.44. The maximum absolute atomic E-state index is 12.7. The summed E-state index contributed by atoms with van der Waals surface area (Å²) in [5, 5.41) is 8.38. The lowest BCUT2D eigenvalue weighted by Gasteiger charge is -2.27. The molecule has 4 rings (SSSR count). The molecular formula is C20H26N4O4S. The van der Waals surface area contributed by atoms with Crippen LogP contribution < -0.4 is 10.2 Å². The number of hydrogen-bond acceptors (Lipinski definition) is 6. The highest BCUT2D eigenvalue weighted by atomic mass is 32.2. The van der Waals surface area contributed by atoms with Crippen molar-refractivity contribution in [3.8, 4) is 0 Å². The van der Waals surface area contributed by atoms with Gasteiger partial charge in [0.1, 0.15) is 5.71 Å². The Balaban J connectivity index is 1.43. The van der Waals surface area contributed by atoms with E-state index in [1.54, 1.807) is 0 Å². The van der Waals surface area contributed by atoms with Crippen LogP contribution in [0.2, 0.25) is 0 Å². The number of carbonyl (C=O) groups is 2. The lowest BCUT2D eigenvalue weighted by atomic mass is 10.1. The molecule has 3 aliphatic rings. The number of anilines is 1. The van der Waals surface area contributed by atoms with Gasteiger partial charge in [0, 0.05) is 38.2 Å². The predicted molar refractivity (Wildman–Crippen MR) is 110 cm³/mol. The molecule has 0 bridgehead atoms. The van der Waals surface area contributed by atoms with Crippen LogP contribution in [-0.2, 0) is 26.0 Å². The molecule has 2 saturated heterocycles. The minimum Gasteiger partial charge on any atom is -0.371 e. The van der Waals surface area contributed by atoms with Crippen molar-refractivity contribution in [2.45, 2.75) is 44.7 Å². The molecule has 0 spiro atoms. The van der Waals surface area contributed by atoms with Crippen LogP contribution in [0.3, 0.4) is 0 Å². The number of carbonyl (C=O) groups excluding carboxylic acids is 2. The summed E-state index contributed by atoms with van der Waals surface area (Å²) in [7, 11) is -3.13. The third-order valence-corrected chi connectivity index (χ3v) is 7.50. The SMILES string of the molecule is O=C(NCc1ccccc1N1CCCC1)C1=NN([C@@H]2CCS(=O)(=O)C2)C(=O)CC1. The number of hydrazone groups is 1. The van der Waals surface area contributed by atoms with Crippen molar-refractivity contribution in [3.05, 3.63) is 29.8 Å². The highest BCUT2D eigenvalue weighted by Gasteiger charge is 2.37. The molecule has 1 aromatic carbocycles. The zero-order valence-electron chi connectivity index (χ0n) is 16.3. The fraction of sp³-hybridized carbons (Fsp3) is 0.550. The molecule has 2 amide bonds. The Kier molecular flexibility index (Phi) is 5.58. The number of rotatable bonds is 5. The van der Waals surface area contributed by atoms with Gasteiger partial charge in [0.15, 0.2) is 9.84 Å². The smallest absolute Gasteiger partial charge is 0.267 e. The fourth-order valence-corrected chi connectivity index (χ4v) is 5.88. The second-order valence-electron chi connectivity index (χ2n) is 7.85. The highest BCUT2D eigenvalue weighted by Crippen LogP contribution is 2.25. The van der Waals surface area contributed by atoms with Gasteiger partial charge >= 0.3 is 0 Å². The van der Waals surface area contributed by atoms with Gasteiger partial charge < -0.3 is 10.2 Å². The Bertz CT molecular complexity index is 938. The van der Waals surface area contributed by atoms with E-state index < -0.39 is 15.9 Å². The lowest BCUT2D eigenvalue weighted by Crippen LogP contribution is -2.43. The van der Waals surface area contributed by atoms with Crippen LogP contribution in [0, 0.1) is 0 Å². The molecule has 2 fully saturated rings. The summed E-state index contributed by atoms with van der Waals surface area (Å²) in [4.78, 5) is 27.2. The maximum atomic E-state index is 12.7. The zero-order valence-corrected chi connectivity index (χ0v) is 17.2. The van der Waals surface area contributed by atoms with E-state index in [0.717, 1.165) is 24.3 Å². The standard InChI is InChI=1S/C20H26N4O4S/c25-19-8-7-17(22-24(19)16-9-12-29(27,28)14-16)20(26)21-13-15-5-1-2-6-18(15)23-10-3-4-11-23/h1-2,5-6,16H,3-4,7-14H2,(H,21,26)/t16-/m1/s1. The first-order valence-corrected chi connectivity index (χ1v) is 12.0. The minimum atomic E-state index is -3.13. The quantitative estimate of drug-likeness (QED) is 0.771. The molecule has 29 heavy (non-hydrogen) atoms. The average Bonchev–Trinajstić information content (AvgIpc) is 3.36. The fourth-order valence-electron chi connectivity index (χ4n) is 4.19. The third-order valence-electron chi connectivity index (χ3n) is 5.75. The first-order chi connectivity index (χ1) is 13.9. The predicted octanol–water partition coefficient (Wildman–Crippen LogP) is 1.07. The van der Waals surface area contributed by atoms with Gasteiger partial charge in [-0.1, -0.05) is 18.2 Å². The molecule has 3 heterocycles. The molecule has 0 aromatic heterocycles. The monoisotopic (exact) mass is 418 g/mol. The maximum Gasteiger partial charge on any atom is 0.267 e. The highest BCUT2D eigenvalue weighted by molar-refractivity contribution is 7.91. The van der Waals surface area contributed by atoms with Crippen LogP contribution >= 0.6 is 0 Å². The van der Waals surface area contributed by atoms with E-state index >= 15 is 0 Å². The van der Waals surface area contributed by atoms with Crippen LogP contribution in [0.5, 0.6) is 0 Å². The molecule has 8 nitrogen and oxygen atoms in total. The van der Waals surface area contributed by atoms with Crippen molar-refractivity contribution in [3.63, 3.8) is 0 Å². The molecule has 1 aromatic rings. The van der Waals surface area contributed by atoms with Gasteiger partial charge in [0.05, 0.1) is 17.5 Å². The van der Waals surface area contributed by atoms with Gasteiger partial charge in [-0.25, -0.2) is 13.4 Å². The van der Waals surface area contributed by atoms with Crippen molar-refractivity contribution >= 4 is 33.1 Å². The Morgan fingerprint density at radius 3 is 2.66 bits per heavy atom. The van der Waals surface area contributed by atoms with Crippen molar-refractivity contribution in [1.82, 2.24) is 10.3 Å². The van der Waals surface area contributed by atoms with E-state index in [-0.39, 0.29) is 41.9 Å². The zero-order chi connectivity index (χ0) is 20.4. The summed E-state index contributed by atoms with van der Waals surface area (Å²) in [6.07, 6.45) is 3.17. The Hall–Kier alpha value is -2.42. The van der Waals surface area contributed by atoms with Gasteiger partial charge in [0.25, 0.3) is 5.91 Å². The van der Waals surface area contributed by atoms with Crippen molar-refractivity contribution in [2.24, 2.45) is 5.10 Å². The van der Waals surface area contributed by atoms with Gasteiger partial charge in [-0.05, 0) is 30.9 Å². The number of amides is 2. The van der Waals surface area contributed by atoms with Gasteiger partial charge in [-0.2, -0.15) is 5.10 Å². The molecular weight excluding hydrogens is 392 g/mol. The van der Waals surface area contributed by atoms with Crippen LogP contribution in [0.25, 0.3) is 0 Å². The summed E-state index contributed by atoms with van der Waals surface area (Å²) < 4.78 is 23.5. The van der Waals surface area contributed by atoms with Crippen molar-refractivity contribution in [2.75, 3.05) is 29.5 Å². The molecule has 156 valence electrons. The van der Waals surface area contributed by atoms with Crippen LogP contribution in [0.4, 0.5) is 5.69 Å². The molecule has 1 atom stereocenters. The third kappa shape index (κ3) is 4.44. The Morgan fingerprint density at radius 1 is 1.17 bits per heavy atom. The average molecular weight is 419 g/mol. The number of nitrogens with zero attached hydrogens (tertiary/aromatic N) is 3. The van der Waals surface area contributed by atoms with E-state index in [2.05, 4.69) is 21.4 Å². The molecule has 1 N–H and O–H groups in total. The van der Waals surface area contributed by atoms with Crippen molar-refractivity contribution < 1.29 is 18.0 Å². The molecule has 0 aliphatic carbocycles. The Labute approximate surface area is 170 Å². The summed E-state index contributed by atoms with van der Waals surface area (Å²) in [5.41, 5.74) is 2.48. The number of benzene rings is 1. The summed E-state index contributed by atoms with van der Waals surface area (Å²) in [5.74, 6) is -0.547. The molecule has 0 unspecified atom stereocenters. The number of para-hydroxylation sites is 1.